The number of amides is 1. The molecule has 1 heterocycles. The molecule has 0 bridgehead atoms. The first-order chi connectivity index (χ1) is 10.1. The molecule has 0 saturated carbocycles. The Hall–Kier alpha value is -1.55. The molecule has 116 valence electrons. The third kappa shape index (κ3) is 4.74. The molecule has 1 aliphatic heterocycles. The van der Waals surface area contributed by atoms with Crippen molar-refractivity contribution in [1.29, 1.82) is 0 Å². The Labute approximate surface area is 127 Å². The number of carbonyl (C=O) groups is 1. The van der Waals surface area contributed by atoms with Crippen LogP contribution < -0.4 is 5.73 Å². The molecule has 1 saturated heterocycles. The molecule has 4 heteroatoms. The zero-order valence-electron chi connectivity index (χ0n) is 13.0. The molecule has 0 spiro atoms. The number of rotatable bonds is 5. The highest BCUT2D eigenvalue weighted by atomic mass is 16.5. The zero-order chi connectivity index (χ0) is 15.2. The van der Waals surface area contributed by atoms with Gasteiger partial charge in [0.05, 0.1) is 6.10 Å². The first-order valence-electron chi connectivity index (χ1n) is 7.77. The highest BCUT2D eigenvalue weighted by Gasteiger charge is 2.20. The molecule has 2 N–H and O–H groups in total. The van der Waals surface area contributed by atoms with Gasteiger partial charge in [-0.2, -0.15) is 0 Å². The first-order valence-corrected chi connectivity index (χ1v) is 7.77. The summed E-state index contributed by atoms with van der Waals surface area (Å²) in [6.07, 6.45) is 4.13. The molecular weight excluding hydrogens is 264 g/mol. The van der Waals surface area contributed by atoms with Crippen molar-refractivity contribution in [2.45, 2.75) is 44.6 Å². The Balaban J connectivity index is 1.83. The third-order valence-corrected chi connectivity index (χ3v) is 4.16. The second-order valence-corrected chi connectivity index (χ2v) is 6.03. The smallest absolute Gasteiger partial charge is 0.223 e. The fourth-order valence-corrected chi connectivity index (χ4v) is 2.72. The van der Waals surface area contributed by atoms with Gasteiger partial charge in [0.1, 0.15) is 0 Å². The maximum absolute atomic E-state index is 12.3. The van der Waals surface area contributed by atoms with Crippen molar-refractivity contribution < 1.29 is 9.53 Å². The SMILES string of the molecule is CC(CC(=O)N(C)CC1CCCCO1)c1ccc(N)cc1. The number of ether oxygens (including phenoxy) is 1. The molecular formula is C17H26N2O2. The summed E-state index contributed by atoms with van der Waals surface area (Å²) in [5, 5.41) is 0. The minimum atomic E-state index is 0.175. The Bertz CT molecular complexity index is 452. The predicted octanol–water partition coefficient (Wildman–Crippen LogP) is 2.79. The summed E-state index contributed by atoms with van der Waals surface area (Å²) in [5.74, 6) is 0.376. The summed E-state index contributed by atoms with van der Waals surface area (Å²) in [6, 6.07) is 7.76. The van der Waals surface area contributed by atoms with Gasteiger partial charge in [0.25, 0.3) is 0 Å². The van der Waals surface area contributed by atoms with Crippen molar-refractivity contribution in [2.75, 3.05) is 25.9 Å². The molecule has 2 atom stereocenters. The average Bonchev–Trinajstić information content (AvgIpc) is 2.48. The van der Waals surface area contributed by atoms with Crippen LogP contribution in [0.2, 0.25) is 0 Å². The second kappa shape index (κ2) is 7.46. The van der Waals surface area contributed by atoms with Crippen LogP contribution in [0.3, 0.4) is 0 Å². The zero-order valence-corrected chi connectivity index (χ0v) is 13.0. The van der Waals surface area contributed by atoms with E-state index in [4.69, 9.17) is 10.5 Å². The summed E-state index contributed by atoms with van der Waals surface area (Å²) in [7, 11) is 1.87. The lowest BCUT2D eigenvalue weighted by Crippen LogP contribution is -2.37. The Morgan fingerprint density at radius 1 is 1.38 bits per heavy atom. The van der Waals surface area contributed by atoms with Crippen LogP contribution in [0.15, 0.2) is 24.3 Å². The molecule has 2 rings (SSSR count). The Kier molecular flexibility index (Phi) is 5.62. The van der Waals surface area contributed by atoms with E-state index >= 15 is 0 Å². The normalized spacial score (nSPS) is 20.0. The van der Waals surface area contributed by atoms with Gasteiger partial charge in [-0.1, -0.05) is 19.1 Å². The van der Waals surface area contributed by atoms with E-state index in [9.17, 15) is 4.79 Å². The highest BCUT2D eigenvalue weighted by molar-refractivity contribution is 5.76. The monoisotopic (exact) mass is 290 g/mol. The van der Waals surface area contributed by atoms with E-state index in [2.05, 4.69) is 6.92 Å². The van der Waals surface area contributed by atoms with E-state index in [0.29, 0.717) is 13.0 Å². The standard InChI is InChI=1S/C17H26N2O2/c1-13(14-6-8-15(18)9-7-14)11-17(20)19(2)12-16-5-3-4-10-21-16/h6-9,13,16H,3-5,10-12,18H2,1-2H3. The largest absolute Gasteiger partial charge is 0.399 e. The molecule has 0 aliphatic carbocycles. The summed E-state index contributed by atoms with van der Waals surface area (Å²) < 4.78 is 5.69. The van der Waals surface area contributed by atoms with Crippen LogP contribution in [0, 0.1) is 0 Å². The van der Waals surface area contributed by atoms with Crippen LogP contribution in [0.4, 0.5) is 5.69 Å². The minimum Gasteiger partial charge on any atom is -0.399 e. The number of benzene rings is 1. The third-order valence-electron chi connectivity index (χ3n) is 4.16. The molecule has 4 nitrogen and oxygen atoms in total. The van der Waals surface area contributed by atoms with Crippen molar-refractivity contribution in [3.8, 4) is 0 Å². The summed E-state index contributed by atoms with van der Waals surface area (Å²) in [6.45, 7) is 3.61. The molecule has 21 heavy (non-hydrogen) atoms. The van der Waals surface area contributed by atoms with E-state index < -0.39 is 0 Å². The van der Waals surface area contributed by atoms with Crippen molar-refractivity contribution >= 4 is 11.6 Å². The summed E-state index contributed by atoms with van der Waals surface area (Å²) >= 11 is 0. The highest BCUT2D eigenvalue weighted by Crippen LogP contribution is 2.21. The number of hydrogen-bond donors (Lipinski definition) is 1. The van der Waals surface area contributed by atoms with Gasteiger partial charge < -0.3 is 15.4 Å². The van der Waals surface area contributed by atoms with Crippen molar-refractivity contribution in [3.63, 3.8) is 0 Å². The lowest BCUT2D eigenvalue weighted by molar-refractivity contribution is -0.132. The maximum Gasteiger partial charge on any atom is 0.223 e. The average molecular weight is 290 g/mol. The molecule has 0 radical (unpaired) electrons. The van der Waals surface area contributed by atoms with Crippen LogP contribution >= 0.6 is 0 Å². The number of anilines is 1. The molecule has 1 aromatic carbocycles. The van der Waals surface area contributed by atoms with Gasteiger partial charge in [-0.3, -0.25) is 4.79 Å². The van der Waals surface area contributed by atoms with Crippen molar-refractivity contribution in [2.24, 2.45) is 0 Å². The summed E-state index contributed by atoms with van der Waals surface area (Å²) in [4.78, 5) is 14.1. The maximum atomic E-state index is 12.3. The van der Waals surface area contributed by atoms with Gasteiger partial charge in [-0.25, -0.2) is 0 Å². The van der Waals surface area contributed by atoms with Gasteiger partial charge in [0.15, 0.2) is 0 Å². The van der Waals surface area contributed by atoms with E-state index in [-0.39, 0.29) is 17.9 Å². The molecule has 2 unspecified atom stereocenters. The Morgan fingerprint density at radius 3 is 2.71 bits per heavy atom. The van der Waals surface area contributed by atoms with Gasteiger partial charge in [0.2, 0.25) is 5.91 Å². The number of nitrogens with zero attached hydrogens (tertiary/aromatic N) is 1. The lowest BCUT2D eigenvalue weighted by atomic mass is 9.97. The second-order valence-electron chi connectivity index (χ2n) is 6.03. The number of likely N-dealkylation sites (N-methyl/N-ethyl adjacent to an activating group) is 1. The van der Waals surface area contributed by atoms with Gasteiger partial charge in [-0.05, 0) is 42.9 Å². The molecule has 0 aromatic heterocycles. The van der Waals surface area contributed by atoms with E-state index in [0.717, 1.165) is 30.7 Å². The fraction of sp³-hybridized carbons (Fsp3) is 0.588. The number of nitrogen functional groups attached to an aromatic ring is 1. The quantitative estimate of drug-likeness (QED) is 0.848. The molecule has 1 aromatic rings. The van der Waals surface area contributed by atoms with E-state index in [1.807, 2.05) is 36.2 Å². The van der Waals surface area contributed by atoms with Crippen LogP contribution in [0.25, 0.3) is 0 Å². The molecule has 1 amide bonds. The Morgan fingerprint density at radius 2 is 2.10 bits per heavy atom. The summed E-state index contributed by atoms with van der Waals surface area (Å²) in [5.41, 5.74) is 7.60. The van der Waals surface area contributed by atoms with Crippen LogP contribution in [0.1, 0.15) is 44.1 Å². The van der Waals surface area contributed by atoms with E-state index in [1.54, 1.807) is 0 Å². The lowest BCUT2D eigenvalue weighted by Gasteiger charge is -2.28. The van der Waals surface area contributed by atoms with Crippen LogP contribution in [-0.4, -0.2) is 37.1 Å². The number of hydrogen-bond acceptors (Lipinski definition) is 3. The van der Waals surface area contributed by atoms with Crippen LogP contribution in [-0.2, 0) is 9.53 Å². The predicted molar refractivity (Wildman–Crippen MR) is 85.1 cm³/mol. The van der Waals surface area contributed by atoms with Crippen molar-refractivity contribution in [3.05, 3.63) is 29.8 Å². The minimum absolute atomic E-state index is 0.175. The number of nitrogens with two attached hydrogens (primary N) is 1. The van der Waals surface area contributed by atoms with E-state index in [1.165, 1.54) is 6.42 Å². The van der Waals surface area contributed by atoms with Crippen molar-refractivity contribution in [1.82, 2.24) is 4.90 Å². The van der Waals surface area contributed by atoms with Crippen LogP contribution in [0.5, 0.6) is 0 Å². The van der Waals surface area contributed by atoms with Gasteiger partial charge >= 0.3 is 0 Å². The molecule has 1 aliphatic rings. The fourth-order valence-electron chi connectivity index (χ4n) is 2.72. The molecule has 1 fully saturated rings. The van der Waals surface area contributed by atoms with Gasteiger partial charge in [0, 0.05) is 32.3 Å². The van der Waals surface area contributed by atoms with Gasteiger partial charge in [-0.15, -0.1) is 0 Å². The first kappa shape index (κ1) is 15.8. The number of carbonyl (C=O) groups excluding carboxylic acids is 1. The topological polar surface area (TPSA) is 55.6 Å².